The summed E-state index contributed by atoms with van der Waals surface area (Å²) in [5, 5.41) is 4.69. The summed E-state index contributed by atoms with van der Waals surface area (Å²) in [6.45, 7) is 0.587. The highest BCUT2D eigenvalue weighted by molar-refractivity contribution is 7.22. The van der Waals surface area contributed by atoms with Crippen molar-refractivity contribution in [2.75, 3.05) is 12.3 Å². The fourth-order valence-electron chi connectivity index (χ4n) is 2.83. The number of carbonyl (C=O) groups is 1. The number of hydrogen-bond acceptors (Lipinski definition) is 4. The number of H-pyrrole nitrogens is 1. The molecule has 0 spiro atoms. The van der Waals surface area contributed by atoms with Crippen LogP contribution in [0, 0.1) is 0 Å². The summed E-state index contributed by atoms with van der Waals surface area (Å²) < 4.78 is 0.928. The number of hydrogen-bond donors (Lipinski definition) is 3. The van der Waals surface area contributed by atoms with Crippen LogP contribution in [-0.2, 0) is 6.42 Å². The monoisotopic (exact) mass is 336 g/mol. The van der Waals surface area contributed by atoms with E-state index >= 15 is 0 Å². The Labute approximate surface area is 142 Å². The molecule has 0 saturated carbocycles. The van der Waals surface area contributed by atoms with Gasteiger partial charge in [0, 0.05) is 29.2 Å². The molecular weight excluding hydrogens is 320 g/mol. The number of rotatable bonds is 4. The van der Waals surface area contributed by atoms with E-state index in [1.165, 1.54) is 22.3 Å². The minimum atomic E-state index is -0.0799. The van der Waals surface area contributed by atoms with Crippen LogP contribution in [-0.4, -0.2) is 22.4 Å². The summed E-state index contributed by atoms with van der Waals surface area (Å²) in [5.41, 5.74) is 9.48. The molecule has 6 heteroatoms. The predicted octanol–water partition coefficient (Wildman–Crippen LogP) is 3.33. The molecule has 0 aliphatic rings. The van der Waals surface area contributed by atoms with Gasteiger partial charge in [0.1, 0.15) is 0 Å². The third-order valence-corrected chi connectivity index (χ3v) is 4.87. The molecule has 0 bridgehead atoms. The van der Waals surface area contributed by atoms with E-state index in [1.54, 1.807) is 6.07 Å². The van der Waals surface area contributed by atoms with Crippen molar-refractivity contribution in [2.45, 2.75) is 6.42 Å². The Morgan fingerprint density at radius 2 is 2.12 bits per heavy atom. The number of nitrogen functional groups attached to an aromatic ring is 1. The van der Waals surface area contributed by atoms with Crippen LogP contribution in [0.2, 0.25) is 0 Å². The quantitative estimate of drug-likeness (QED) is 0.534. The molecule has 2 aromatic carbocycles. The number of benzene rings is 2. The second kappa shape index (κ2) is 5.98. The average Bonchev–Trinajstić information content (AvgIpc) is 3.16. The third-order valence-electron chi connectivity index (χ3n) is 4.02. The second-order valence-electron chi connectivity index (χ2n) is 5.60. The molecule has 4 rings (SSSR count). The molecule has 24 heavy (non-hydrogen) atoms. The number of thiazole rings is 1. The number of aromatic amines is 1. The van der Waals surface area contributed by atoms with Gasteiger partial charge in [0.2, 0.25) is 0 Å². The Morgan fingerprint density at radius 3 is 3.04 bits per heavy atom. The fraction of sp³-hybridized carbons (Fsp3) is 0.111. The van der Waals surface area contributed by atoms with Crippen molar-refractivity contribution in [1.82, 2.24) is 15.3 Å². The van der Waals surface area contributed by atoms with Gasteiger partial charge < -0.3 is 16.0 Å². The highest BCUT2D eigenvalue weighted by Gasteiger charge is 2.09. The van der Waals surface area contributed by atoms with Crippen LogP contribution in [0.1, 0.15) is 15.9 Å². The molecule has 0 saturated heterocycles. The van der Waals surface area contributed by atoms with Gasteiger partial charge in [0.05, 0.1) is 10.2 Å². The van der Waals surface area contributed by atoms with Crippen LogP contribution in [0.5, 0.6) is 0 Å². The molecule has 2 aromatic heterocycles. The standard InChI is InChI=1S/C18H16N4OS/c19-18-22-15-6-5-11(9-16(15)24-18)17(23)20-8-7-12-10-21-14-4-2-1-3-13(12)14/h1-6,9-10,21H,7-8H2,(H2,19,22)(H,20,23). The van der Waals surface area contributed by atoms with Crippen molar-refractivity contribution in [3.63, 3.8) is 0 Å². The van der Waals surface area contributed by atoms with Crippen LogP contribution < -0.4 is 11.1 Å². The van der Waals surface area contributed by atoms with E-state index in [2.05, 4.69) is 21.4 Å². The van der Waals surface area contributed by atoms with Gasteiger partial charge in [-0.3, -0.25) is 4.79 Å². The number of nitrogens with zero attached hydrogens (tertiary/aromatic N) is 1. The topological polar surface area (TPSA) is 83.8 Å². The van der Waals surface area contributed by atoms with Gasteiger partial charge in [-0.2, -0.15) is 0 Å². The van der Waals surface area contributed by atoms with E-state index in [4.69, 9.17) is 5.73 Å². The molecule has 0 radical (unpaired) electrons. The first kappa shape index (κ1) is 14.7. The van der Waals surface area contributed by atoms with Crippen LogP contribution in [0.25, 0.3) is 21.1 Å². The Balaban J connectivity index is 1.44. The zero-order valence-corrected chi connectivity index (χ0v) is 13.7. The van der Waals surface area contributed by atoms with Gasteiger partial charge in [0.15, 0.2) is 5.13 Å². The molecule has 5 nitrogen and oxygen atoms in total. The summed E-state index contributed by atoms with van der Waals surface area (Å²) in [7, 11) is 0. The predicted molar refractivity (Wildman–Crippen MR) is 98.4 cm³/mol. The van der Waals surface area contributed by atoms with Gasteiger partial charge in [-0.25, -0.2) is 4.98 Å². The van der Waals surface area contributed by atoms with Crippen LogP contribution >= 0.6 is 11.3 Å². The van der Waals surface area contributed by atoms with Gasteiger partial charge in [0.25, 0.3) is 5.91 Å². The molecule has 0 atom stereocenters. The smallest absolute Gasteiger partial charge is 0.251 e. The summed E-state index contributed by atoms with van der Waals surface area (Å²) in [4.78, 5) is 19.8. The molecule has 1 amide bonds. The van der Waals surface area contributed by atoms with Gasteiger partial charge in [-0.15, -0.1) is 0 Å². The van der Waals surface area contributed by atoms with Gasteiger partial charge in [-0.05, 0) is 36.2 Å². The molecule has 0 unspecified atom stereocenters. The number of aromatic nitrogens is 2. The van der Waals surface area contributed by atoms with E-state index in [-0.39, 0.29) is 5.91 Å². The maximum atomic E-state index is 12.3. The number of nitrogens with one attached hydrogen (secondary N) is 2. The summed E-state index contributed by atoms with van der Waals surface area (Å²) in [6, 6.07) is 13.6. The van der Waals surface area contributed by atoms with Gasteiger partial charge >= 0.3 is 0 Å². The van der Waals surface area contributed by atoms with Crippen LogP contribution in [0.4, 0.5) is 5.13 Å². The zero-order valence-electron chi connectivity index (χ0n) is 12.9. The molecule has 4 N–H and O–H groups in total. The van der Waals surface area contributed by atoms with Gasteiger partial charge in [-0.1, -0.05) is 29.5 Å². The largest absolute Gasteiger partial charge is 0.375 e. The lowest BCUT2D eigenvalue weighted by molar-refractivity contribution is 0.0954. The van der Waals surface area contributed by atoms with Crippen molar-refractivity contribution >= 4 is 43.5 Å². The number of fused-ring (bicyclic) bond motifs is 2. The second-order valence-corrected chi connectivity index (χ2v) is 6.66. The summed E-state index contributed by atoms with van der Waals surface area (Å²) in [5.74, 6) is -0.0799. The third kappa shape index (κ3) is 2.72. The van der Waals surface area contributed by atoms with Crippen molar-refractivity contribution < 1.29 is 4.79 Å². The Morgan fingerprint density at radius 1 is 1.25 bits per heavy atom. The van der Waals surface area contributed by atoms with E-state index in [9.17, 15) is 4.79 Å². The summed E-state index contributed by atoms with van der Waals surface area (Å²) in [6.07, 6.45) is 2.79. The lowest BCUT2D eigenvalue weighted by Crippen LogP contribution is -2.25. The number of amides is 1. The Bertz CT molecular complexity index is 1030. The maximum Gasteiger partial charge on any atom is 0.251 e. The van der Waals surface area contributed by atoms with Crippen molar-refractivity contribution in [3.05, 3.63) is 59.8 Å². The lowest BCUT2D eigenvalue weighted by atomic mass is 10.1. The van der Waals surface area contributed by atoms with Crippen LogP contribution in [0.3, 0.4) is 0 Å². The van der Waals surface area contributed by atoms with E-state index in [0.29, 0.717) is 17.2 Å². The minimum Gasteiger partial charge on any atom is -0.375 e. The molecule has 0 aliphatic heterocycles. The first-order valence-corrected chi connectivity index (χ1v) is 8.51. The first-order chi connectivity index (χ1) is 11.7. The highest BCUT2D eigenvalue weighted by atomic mass is 32.1. The molecular formula is C18H16N4OS. The van der Waals surface area contributed by atoms with E-state index < -0.39 is 0 Å². The number of carbonyl (C=O) groups excluding carboxylic acids is 1. The number of para-hydroxylation sites is 1. The Kier molecular flexibility index (Phi) is 3.66. The maximum absolute atomic E-state index is 12.3. The molecule has 2 heterocycles. The number of nitrogens with two attached hydrogens (primary N) is 1. The molecule has 4 aromatic rings. The number of anilines is 1. The SMILES string of the molecule is Nc1nc2ccc(C(=O)NCCc3c[nH]c4ccccc34)cc2s1. The van der Waals surface area contributed by atoms with Crippen LogP contribution in [0.15, 0.2) is 48.7 Å². The first-order valence-electron chi connectivity index (χ1n) is 7.70. The molecule has 120 valence electrons. The van der Waals surface area contributed by atoms with E-state index in [1.807, 2.05) is 36.5 Å². The van der Waals surface area contributed by atoms with Crippen molar-refractivity contribution in [1.29, 1.82) is 0 Å². The van der Waals surface area contributed by atoms with Crippen molar-refractivity contribution in [3.8, 4) is 0 Å². The average molecular weight is 336 g/mol. The lowest BCUT2D eigenvalue weighted by Gasteiger charge is -2.05. The van der Waals surface area contributed by atoms with E-state index in [0.717, 1.165) is 22.2 Å². The zero-order chi connectivity index (χ0) is 16.5. The Hall–Kier alpha value is -2.86. The highest BCUT2D eigenvalue weighted by Crippen LogP contribution is 2.24. The summed E-state index contributed by atoms with van der Waals surface area (Å²) >= 11 is 1.39. The van der Waals surface area contributed by atoms with Crippen molar-refractivity contribution in [2.24, 2.45) is 0 Å². The molecule has 0 fully saturated rings. The minimum absolute atomic E-state index is 0.0799. The fourth-order valence-corrected chi connectivity index (χ4v) is 3.61. The normalized spacial score (nSPS) is 11.2. The molecule has 0 aliphatic carbocycles.